The van der Waals surface area contributed by atoms with Crippen molar-refractivity contribution in [3.8, 4) is 6.07 Å². The third-order valence-electron chi connectivity index (χ3n) is 5.69. The highest BCUT2D eigenvalue weighted by Gasteiger charge is 2.28. The summed E-state index contributed by atoms with van der Waals surface area (Å²) < 4.78 is 5.25. The van der Waals surface area contributed by atoms with E-state index in [1.807, 2.05) is 12.1 Å². The minimum Gasteiger partial charge on any atom is -0.445 e. The molecule has 0 radical (unpaired) electrons. The summed E-state index contributed by atoms with van der Waals surface area (Å²) in [5.41, 5.74) is 10.6. The SMILES string of the molecule is CC1CCc2c([nH]c3c(C#N)ccc(N4CCC[C@H](OC(N)=O)C4)c23)C1. The minimum atomic E-state index is -0.713. The third-order valence-corrected chi connectivity index (χ3v) is 5.69. The zero-order valence-corrected chi connectivity index (χ0v) is 15.0. The first kappa shape index (κ1) is 16.8. The number of nitrogens with two attached hydrogens (primary N) is 1. The number of benzene rings is 1. The van der Waals surface area contributed by atoms with E-state index in [0.29, 0.717) is 18.0 Å². The molecule has 1 unspecified atom stereocenters. The number of rotatable bonds is 2. The van der Waals surface area contributed by atoms with E-state index in [4.69, 9.17) is 10.5 Å². The van der Waals surface area contributed by atoms with E-state index in [1.54, 1.807) is 0 Å². The molecule has 1 fully saturated rings. The molecule has 0 bridgehead atoms. The highest BCUT2D eigenvalue weighted by Crippen LogP contribution is 2.39. The maximum atomic E-state index is 11.1. The number of nitrogens with zero attached hydrogens (tertiary/aromatic N) is 2. The van der Waals surface area contributed by atoms with Crippen LogP contribution in [0, 0.1) is 17.2 Å². The van der Waals surface area contributed by atoms with Gasteiger partial charge in [0.2, 0.25) is 0 Å². The van der Waals surface area contributed by atoms with Gasteiger partial charge in [0.15, 0.2) is 0 Å². The second-order valence-corrected chi connectivity index (χ2v) is 7.57. The lowest BCUT2D eigenvalue weighted by Crippen LogP contribution is -2.41. The highest BCUT2D eigenvalue weighted by molar-refractivity contribution is 5.99. The summed E-state index contributed by atoms with van der Waals surface area (Å²) in [6.07, 6.45) is 4.13. The van der Waals surface area contributed by atoms with Crippen LogP contribution in [0.5, 0.6) is 0 Å². The monoisotopic (exact) mass is 352 g/mol. The van der Waals surface area contributed by atoms with E-state index in [2.05, 4.69) is 22.9 Å². The van der Waals surface area contributed by atoms with Gasteiger partial charge in [0.25, 0.3) is 0 Å². The maximum Gasteiger partial charge on any atom is 0.404 e. The number of primary amides is 1. The number of nitrogens with one attached hydrogen (secondary N) is 1. The number of H-pyrrole nitrogens is 1. The molecule has 2 atom stereocenters. The number of carbonyl (C=O) groups excluding carboxylic acids is 1. The second kappa shape index (κ2) is 6.56. The van der Waals surface area contributed by atoms with Crippen LogP contribution in [0.3, 0.4) is 0 Å². The Morgan fingerprint density at radius 1 is 1.42 bits per heavy atom. The third kappa shape index (κ3) is 2.88. The summed E-state index contributed by atoms with van der Waals surface area (Å²) >= 11 is 0. The van der Waals surface area contributed by atoms with Crippen molar-refractivity contribution < 1.29 is 9.53 Å². The topological polar surface area (TPSA) is 95.1 Å². The number of aromatic amines is 1. The van der Waals surface area contributed by atoms with Gasteiger partial charge >= 0.3 is 6.09 Å². The molecular formula is C20H24N4O2. The lowest BCUT2D eigenvalue weighted by Gasteiger charge is -2.34. The number of amides is 1. The van der Waals surface area contributed by atoms with Gasteiger partial charge in [0.05, 0.1) is 17.6 Å². The van der Waals surface area contributed by atoms with Gasteiger partial charge in [-0.2, -0.15) is 5.26 Å². The van der Waals surface area contributed by atoms with Gasteiger partial charge in [-0.15, -0.1) is 0 Å². The summed E-state index contributed by atoms with van der Waals surface area (Å²) in [6, 6.07) is 6.25. The molecule has 1 aliphatic carbocycles. The predicted molar refractivity (Wildman–Crippen MR) is 100 cm³/mol. The number of carbonyl (C=O) groups is 1. The molecule has 1 amide bonds. The zero-order valence-electron chi connectivity index (χ0n) is 15.0. The van der Waals surface area contributed by atoms with E-state index in [-0.39, 0.29) is 6.10 Å². The molecule has 2 heterocycles. The molecule has 6 heteroatoms. The van der Waals surface area contributed by atoms with Crippen LogP contribution in [0.15, 0.2) is 12.1 Å². The van der Waals surface area contributed by atoms with Gasteiger partial charge in [-0.3, -0.25) is 0 Å². The number of piperidine rings is 1. The summed E-state index contributed by atoms with van der Waals surface area (Å²) in [6.45, 7) is 3.83. The van der Waals surface area contributed by atoms with Crippen molar-refractivity contribution in [1.82, 2.24) is 4.98 Å². The van der Waals surface area contributed by atoms with Crippen molar-refractivity contribution in [1.29, 1.82) is 5.26 Å². The normalized spacial score (nSPS) is 22.7. The molecule has 1 aromatic carbocycles. The average Bonchev–Trinajstić information content (AvgIpc) is 2.99. The number of aryl methyl sites for hydroxylation is 1. The number of aromatic nitrogens is 1. The van der Waals surface area contributed by atoms with Crippen LogP contribution in [-0.4, -0.2) is 30.3 Å². The van der Waals surface area contributed by atoms with Crippen LogP contribution in [0.2, 0.25) is 0 Å². The molecule has 4 rings (SSSR count). The van der Waals surface area contributed by atoms with Gasteiger partial charge in [0.1, 0.15) is 12.2 Å². The van der Waals surface area contributed by atoms with Crippen molar-refractivity contribution in [2.75, 3.05) is 18.0 Å². The van der Waals surface area contributed by atoms with Crippen molar-refractivity contribution >= 4 is 22.7 Å². The van der Waals surface area contributed by atoms with E-state index in [0.717, 1.165) is 43.4 Å². The maximum absolute atomic E-state index is 11.1. The molecule has 26 heavy (non-hydrogen) atoms. The smallest absolute Gasteiger partial charge is 0.404 e. The lowest BCUT2D eigenvalue weighted by molar-refractivity contribution is 0.0966. The van der Waals surface area contributed by atoms with E-state index >= 15 is 0 Å². The average molecular weight is 352 g/mol. The number of nitriles is 1. The Labute approximate surface area is 152 Å². The van der Waals surface area contributed by atoms with Crippen LogP contribution in [0.1, 0.15) is 43.0 Å². The van der Waals surface area contributed by atoms with Gasteiger partial charge in [-0.05, 0) is 55.7 Å². The van der Waals surface area contributed by atoms with Crippen LogP contribution in [0.4, 0.5) is 10.5 Å². The Kier molecular flexibility index (Phi) is 4.23. The summed E-state index contributed by atoms with van der Waals surface area (Å²) in [4.78, 5) is 16.9. The van der Waals surface area contributed by atoms with Gasteiger partial charge in [-0.1, -0.05) is 6.92 Å². The van der Waals surface area contributed by atoms with Crippen molar-refractivity contribution in [3.05, 3.63) is 29.0 Å². The second-order valence-electron chi connectivity index (χ2n) is 7.57. The molecule has 1 aliphatic heterocycles. The Balaban J connectivity index is 1.78. The van der Waals surface area contributed by atoms with E-state index in [1.165, 1.54) is 23.1 Å². The Hall–Kier alpha value is -2.68. The molecule has 0 saturated carbocycles. The fourth-order valence-corrected chi connectivity index (χ4v) is 4.47. The quantitative estimate of drug-likeness (QED) is 0.867. The van der Waals surface area contributed by atoms with Crippen LogP contribution in [0.25, 0.3) is 10.9 Å². The van der Waals surface area contributed by atoms with E-state index < -0.39 is 6.09 Å². The number of ether oxygens (including phenoxy) is 1. The Bertz CT molecular complexity index is 895. The fraction of sp³-hybridized carbons (Fsp3) is 0.500. The molecule has 1 aromatic heterocycles. The van der Waals surface area contributed by atoms with Crippen LogP contribution >= 0.6 is 0 Å². The summed E-state index contributed by atoms with van der Waals surface area (Å²) in [5, 5.41) is 10.7. The molecule has 6 nitrogen and oxygen atoms in total. The fourth-order valence-electron chi connectivity index (χ4n) is 4.47. The molecule has 136 valence electrons. The Morgan fingerprint density at radius 3 is 3.04 bits per heavy atom. The molecule has 1 saturated heterocycles. The summed E-state index contributed by atoms with van der Waals surface area (Å²) in [7, 11) is 0. The van der Waals surface area contributed by atoms with E-state index in [9.17, 15) is 10.1 Å². The lowest BCUT2D eigenvalue weighted by atomic mass is 9.87. The van der Waals surface area contributed by atoms with Crippen molar-refractivity contribution in [2.45, 2.75) is 45.1 Å². The first-order valence-corrected chi connectivity index (χ1v) is 9.34. The molecule has 0 spiro atoms. The number of hydrogen-bond donors (Lipinski definition) is 2. The van der Waals surface area contributed by atoms with Gasteiger partial charge < -0.3 is 20.4 Å². The molecular weight excluding hydrogens is 328 g/mol. The first-order chi connectivity index (χ1) is 12.6. The summed E-state index contributed by atoms with van der Waals surface area (Å²) in [5.74, 6) is 0.660. The van der Waals surface area contributed by atoms with Crippen LogP contribution in [-0.2, 0) is 17.6 Å². The number of fused-ring (bicyclic) bond motifs is 3. The number of hydrogen-bond acceptors (Lipinski definition) is 4. The van der Waals surface area contributed by atoms with Gasteiger partial charge in [-0.25, -0.2) is 4.79 Å². The minimum absolute atomic E-state index is 0.179. The zero-order chi connectivity index (χ0) is 18.3. The van der Waals surface area contributed by atoms with Gasteiger partial charge in [0, 0.05) is 23.3 Å². The first-order valence-electron chi connectivity index (χ1n) is 9.34. The molecule has 3 N–H and O–H groups in total. The Morgan fingerprint density at radius 2 is 2.27 bits per heavy atom. The van der Waals surface area contributed by atoms with Crippen molar-refractivity contribution in [2.24, 2.45) is 11.7 Å². The largest absolute Gasteiger partial charge is 0.445 e. The van der Waals surface area contributed by atoms with Crippen molar-refractivity contribution in [3.63, 3.8) is 0 Å². The molecule has 2 aliphatic rings. The number of anilines is 1. The molecule has 2 aromatic rings. The highest BCUT2D eigenvalue weighted by atomic mass is 16.6. The van der Waals surface area contributed by atoms with Crippen LogP contribution < -0.4 is 10.6 Å². The standard InChI is InChI=1S/C20H24N4O2/c1-12-4-6-15-16(9-12)23-19-13(10-21)5-7-17(18(15)19)24-8-2-3-14(11-24)26-20(22)25/h5,7,12,14,23H,2-4,6,8-9,11H2,1H3,(H2,22,25)/t12?,14-/m0/s1. The predicted octanol–water partition coefficient (Wildman–Crippen LogP) is 3.23.